The first-order chi connectivity index (χ1) is 11.2. The predicted octanol–water partition coefficient (Wildman–Crippen LogP) is 4.20. The van der Waals surface area contributed by atoms with E-state index in [4.69, 9.17) is 11.6 Å². The molecule has 1 aliphatic rings. The van der Waals surface area contributed by atoms with Crippen LogP contribution < -0.4 is 5.32 Å². The lowest BCUT2D eigenvalue weighted by Gasteiger charge is -2.23. The Morgan fingerprint density at radius 1 is 1.04 bits per heavy atom. The van der Waals surface area contributed by atoms with Crippen LogP contribution in [0.2, 0.25) is 5.02 Å². The smallest absolute Gasteiger partial charge is 0.226 e. The zero-order valence-corrected chi connectivity index (χ0v) is 13.0. The van der Waals surface area contributed by atoms with Gasteiger partial charge in [-0.05, 0) is 23.3 Å². The summed E-state index contributed by atoms with van der Waals surface area (Å²) in [5, 5.41) is 10.9. The van der Waals surface area contributed by atoms with Gasteiger partial charge in [-0.1, -0.05) is 54.1 Å². The second kappa shape index (κ2) is 5.56. The van der Waals surface area contributed by atoms with E-state index in [9.17, 15) is 4.79 Å². The van der Waals surface area contributed by atoms with Gasteiger partial charge in [0.25, 0.3) is 0 Å². The summed E-state index contributed by atoms with van der Waals surface area (Å²) in [4.78, 5) is 12.0. The number of H-pyrrole nitrogens is 1. The van der Waals surface area contributed by atoms with Gasteiger partial charge in [0.2, 0.25) is 5.91 Å². The van der Waals surface area contributed by atoms with Gasteiger partial charge in [0.05, 0.1) is 5.69 Å². The van der Waals surface area contributed by atoms with E-state index in [2.05, 4.69) is 15.5 Å². The summed E-state index contributed by atoms with van der Waals surface area (Å²) >= 11 is 5.99. The Morgan fingerprint density at radius 3 is 2.52 bits per heavy atom. The molecule has 2 heterocycles. The molecule has 5 heteroatoms. The molecule has 0 aliphatic carbocycles. The number of hydrogen-bond acceptors (Lipinski definition) is 2. The van der Waals surface area contributed by atoms with Crippen LogP contribution in [0.5, 0.6) is 0 Å². The first-order valence-electron chi connectivity index (χ1n) is 7.41. The average molecular weight is 324 g/mol. The maximum absolute atomic E-state index is 12.0. The lowest BCUT2D eigenvalue weighted by Crippen LogP contribution is -2.23. The molecule has 1 aromatic heterocycles. The van der Waals surface area contributed by atoms with E-state index in [-0.39, 0.29) is 11.8 Å². The number of hydrogen-bond donors (Lipinski definition) is 2. The normalized spacial score (nSPS) is 16.7. The molecular weight excluding hydrogens is 310 g/mol. The van der Waals surface area contributed by atoms with Crippen LogP contribution in [0.4, 0.5) is 5.82 Å². The maximum Gasteiger partial charge on any atom is 0.226 e. The zero-order valence-electron chi connectivity index (χ0n) is 12.2. The molecule has 3 aromatic rings. The lowest BCUT2D eigenvalue weighted by atomic mass is 9.84. The number of carbonyl (C=O) groups excluding carboxylic acids is 1. The minimum atomic E-state index is -0.0371. The van der Waals surface area contributed by atoms with Crippen molar-refractivity contribution in [1.29, 1.82) is 0 Å². The number of nitrogens with zero attached hydrogens (tertiary/aromatic N) is 1. The van der Waals surface area contributed by atoms with E-state index in [0.29, 0.717) is 17.3 Å². The van der Waals surface area contributed by atoms with Crippen molar-refractivity contribution in [3.63, 3.8) is 0 Å². The van der Waals surface area contributed by atoms with E-state index in [1.165, 1.54) is 0 Å². The molecule has 0 saturated carbocycles. The van der Waals surface area contributed by atoms with Crippen LogP contribution >= 0.6 is 11.6 Å². The van der Waals surface area contributed by atoms with Crippen molar-refractivity contribution in [1.82, 2.24) is 10.2 Å². The van der Waals surface area contributed by atoms with Crippen LogP contribution in [-0.2, 0) is 4.79 Å². The molecule has 4 nitrogen and oxygen atoms in total. The SMILES string of the molecule is O=C1CC(c2ccc(Cl)cc2)c2c(n[nH]c2-c2ccccc2)N1. The molecule has 2 N–H and O–H groups in total. The van der Waals surface area contributed by atoms with Gasteiger partial charge in [-0.25, -0.2) is 0 Å². The molecule has 1 atom stereocenters. The molecule has 114 valence electrons. The molecule has 0 saturated heterocycles. The third-order valence-corrected chi connectivity index (χ3v) is 4.39. The number of nitrogens with one attached hydrogen (secondary N) is 2. The first kappa shape index (κ1) is 14.0. The topological polar surface area (TPSA) is 57.8 Å². The van der Waals surface area contributed by atoms with Gasteiger partial charge in [0.1, 0.15) is 0 Å². The summed E-state index contributed by atoms with van der Waals surface area (Å²) in [7, 11) is 0. The van der Waals surface area contributed by atoms with Gasteiger partial charge in [-0.3, -0.25) is 9.89 Å². The Balaban J connectivity index is 1.86. The second-order valence-electron chi connectivity index (χ2n) is 5.58. The number of halogens is 1. The number of fused-ring (bicyclic) bond motifs is 1. The average Bonchev–Trinajstić information content (AvgIpc) is 2.99. The predicted molar refractivity (Wildman–Crippen MR) is 90.6 cm³/mol. The standard InChI is InChI=1S/C18H14ClN3O/c19-13-8-6-11(7-9-13)14-10-15(23)20-18-16(14)17(21-22-18)12-4-2-1-3-5-12/h1-9,14H,10H2,(H2,20,21,22,23). The van der Waals surface area contributed by atoms with Crippen molar-refractivity contribution in [2.75, 3.05) is 5.32 Å². The quantitative estimate of drug-likeness (QED) is 0.742. The van der Waals surface area contributed by atoms with Crippen LogP contribution in [0.3, 0.4) is 0 Å². The van der Waals surface area contributed by atoms with Gasteiger partial charge in [0, 0.05) is 22.9 Å². The molecular formula is C18H14ClN3O. The third kappa shape index (κ3) is 2.51. The van der Waals surface area contributed by atoms with Crippen LogP contribution in [-0.4, -0.2) is 16.1 Å². The Kier molecular flexibility index (Phi) is 3.39. The molecule has 4 rings (SSSR count). The highest BCUT2D eigenvalue weighted by molar-refractivity contribution is 6.30. The van der Waals surface area contributed by atoms with E-state index in [1.54, 1.807) is 0 Å². The van der Waals surface area contributed by atoms with Crippen molar-refractivity contribution >= 4 is 23.3 Å². The number of rotatable bonds is 2. The molecule has 1 unspecified atom stereocenters. The number of aromatic amines is 1. The Bertz CT molecular complexity index is 856. The fourth-order valence-electron chi connectivity index (χ4n) is 3.06. The van der Waals surface area contributed by atoms with E-state index < -0.39 is 0 Å². The monoisotopic (exact) mass is 323 g/mol. The summed E-state index contributed by atoms with van der Waals surface area (Å²) < 4.78 is 0. The molecule has 1 amide bonds. The number of amides is 1. The highest BCUT2D eigenvalue weighted by Crippen LogP contribution is 2.41. The second-order valence-corrected chi connectivity index (χ2v) is 6.02. The van der Waals surface area contributed by atoms with Crippen LogP contribution in [0.1, 0.15) is 23.5 Å². The highest BCUT2D eigenvalue weighted by atomic mass is 35.5. The highest BCUT2D eigenvalue weighted by Gasteiger charge is 2.31. The van der Waals surface area contributed by atoms with Gasteiger partial charge < -0.3 is 5.32 Å². The minimum Gasteiger partial charge on any atom is -0.309 e. The third-order valence-electron chi connectivity index (χ3n) is 4.13. The van der Waals surface area contributed by atoms with Gasteiger partial charge in [-0.2, -0.15) is 5.10 Å². The van der Waals surface area contributed by atoms with E-state index >= 15 is 0 Å². The van der Waals surface area contributed by atoms with Crippen molar-refractivity contribution in [3.8, 4) is 11.3 Å². The molecule has 0 spiro atoms. The minimum absolute atomic E-state index is 0.0245. The number of benzene rings is 2. The first-order valence-corrected chi connectivity index (χ1v) is 7.79. The Labute approximate surface area is 138 Å². The fourth-order valence-corrected chi connectivity index (χ4v) is 3.19. The van der Waals surface area contributed by atoms with Crippen LogP contribution in [0.25, 0.3) is 11.3 Å². The summed E-state index contributed by atoms with van der Waals surface area (Å²) in [6.07, 6.45) is 0.397. The molecule has 0 bridgehead atoms. The van der Waals surface area contributed by atoms with Gasteiger partial charge in [-0.15, -0.1) is 0 Å². The molecule has 0 fully saturated rings. The lowest BCUT2D eigenvalue weighted by molar-refractivity contribution is -0.116. The number of aromatic nitrogens is 2. The molecule has 2 aromatic carbocycles. The molecule has 0 radical (unpaired) electrons. The van der Waals surface area contributed by atoms with Gasteiger partial charge >= 0.3 is 0 Å². The summed E-state index contributed by atoms with van der Waals surface area (Å²) in [5.41, 5.74) is 4.08. The van der Waals surface area contributed by atoms with Crippen molar-refractivity contribution in [2.24, 2.45) is 0 Å². The largest absolute Gasteiger partial charge is 0.309 e. The Morgan fingerprint density at radius 2 is 1.78 bits per heavy atom. The molecule has 23 heavy (non-hydrogen) atoms. The van der Waals surface area contributed by atoms with Crippen molar-refractivity contribution < 1.29 is 4.79 Å². The van der Waals surface area contributed by atoms with Gasteiger partial charge in [0.15, 0.2) is 5.82 Å². The van der Waals surface area contributed by atoms with E-state index in [1.807, 2.05) is 54.6 Å². The van der Waals surface area contributed by atoms with E-state index in [0.717, 1.165) is 22.4 Å². The maximum atomic E-state index is 12.0. The van der Waals surface area contributed by atoms with Crippen LogP contribution in [0, 0.1) is 0 Å². The number of carbonyl (C=O) groups is 1. The molecule has 1 aliphatic heterocycles. The summed E-state index contributed by atoms with van der Waals surface area (Å²) in [6.45, 7) is 0. The zero-order chi connectivity index (χ0) is 15.8. The fraction of sp³-hybridized carbons (Fsp3) is 0.111. The number of anilines is 1. The van der Waals surface area contributed by atoms with Crippen molar-refractivity contribution in [2.45, 2.75) is 12.3 Å². The summed E-state index contributed by atoms with van der Waals surface area (Å²) in [6, 6.07) is 17.7. The van der Waals surface area contributed by atoms with Crippen molar-refractivity contribution in [3.05, 3.63) is 70.7 Å². The Hall–Kier alpha value is -2.59. The summed E-state index contributed by atoms with van der Waals surface area (Å²) in [5.74, 6) is 0.550. The van der Waals surface area contributed by atoms with Crippen LogP contribution in [0.15, 0.2) is 54.6 Å².